The number of aryl methyl sites for hydroxylation is 1. The Kier molecular flexibility index (Phi) is 7.44. The normalized spacial score (nSPS) is 13.6. The number of methoxy groups -OCH3 is 1. The molecule has 0 bridgehead atoms. The Labute approximate surface area is 228 Å². The van der Waals surface area contributed by atoms with Crippen molar-refractivity contribution in [2.75, 3.05) is 43.5 Å². The van der Waals surface area contributed by atoms with Gasteiger partial charge in [-0.15, -0.1) is 0 Å². The van der Waals surface area contributed by atoms with Crippen LogP contribution in [0.5, 0.6) is 5.75 Å². The van der Waals surface area contributed by atoms with Crippen LogP contribution in [0.15, 0.2) is 53.2 Å². The molecule has 4 heterocycles. The molecule has 1 aliphatic rings. The number of hydrogen-bond acceptors (Lipinski definition) is 9. The van der Waals surface area contributed by atoms with Crippen molar-refractivity contribution in [1.29, 1.82) is 0 Å². The maximum Gasteiger partial charge on any atom is 0.227 e. The summed E-state index contributed by atoms with van der Waals surface area (Å²) in [5.74, 6) is 3.49. The van der Waals surface area contributed by atoms with Gasteiger partial charge in [-0.3, -0.25) is 4.79 Å². The molecular weight excluding hydrogens is 494 g/mol. The zero-order valence-corrected chi connectivity index (χ0v) is 22.9. The SMILES string of the molecule is COc1cc(C)cc(-c2nc(C(C)C)oc2-c2ccnc(Nc3ccc(N4CCN(C(C)=O)CC4)nc3)n2)c1. The predicted molar refractivity (Wildman–Crippen MR) is 150 cm³/mol. The lowest BCUT2D eigenvalue weighted by molar-refractivity contribution is -0.129. The molecule has 0 atom stereocenters. The molecule has 1 aliphatic heterocycles. The quantitative estimate of drug-likeness (QED) is 0.353. The van der Waals surface area contributed by atoms with Crippen molar-refractivity contribution < 1.29 is 13.9 Å². The Morgan fingerprint density at radius 3 is 2.51 bits per heavy atom. The number of nitrogens with one attached hydrogen (secondary N) is 1. The molecule has 4 aromatic rings. The molecule has 10 nitrogen and oxygen atoms in total. The minimum absolute atomic E-state index is 0.110. The van der Waals surface area contributed by atoms with Gasteiger partial charge in [0.1, 0.15) is 23.0 Å². The first kappa shape index (κ1) is 26.1. The number of piperazine rings is 1. The van der Waals surface area contributed by atoms with Gasteiger partial charge in [-0.25, -0.2) is 19.9 Å². The number of hydrogen-bond donors (Lipinski definition) is 1. The first-order valence-electron chi connectivity index (χ1n) is 13.0. The van der Waals surface area contributed by atoms with E-state index in [1.54, 1.807) is 26.4 Å². The number of oxazole rings is 1. The number of anilines is 3. The minimum atomic E-state index is 0.110. The average Bonchev–Trinajstić information content (AvgIpc) is 3.40. The lowest BCUT2D eigenvalue weighted by atomic mass is 10.1. The summed E-state index contributed by atoms with van der Waals surface area (Å²) in [4.78, 5) is 34.2. The number of pyridine rings is 1. The first-order valence-corrected chi connectivity index (χ1v) is 13.0. The number of benzene rings is 1. The number of carbonyl (C=O) groups is 1. The van der Waals surface area contributed by atoms with E-state index in [0.717, 1.165) is 41.5 Å². The van der Waals surface area contributed by atoms with Gasteiger partial charge in [0.2, 0.25) is 11.9 Å². The lowest BCUT2D eigenvalue weighted by Crippen LogP contribution is -2.48. The molecule has 0 unspecified atom stereocenters. The van der Waals surface area contributed by atoms with Crippen LogP contribution in [0, 0.1) is 6.92 Å². The van der Waals surface area contributed by atoms with E-state index in [0.29, 0.717) is 42.1 Å². The van der Waals surface area contributed by atoms with Crippen LogP contribution in [0.25, 0.3) is 22.7 Å². The van der Waals surface area contributed by atoms with Gasteiger partial charge >= 0.3 is 0 Å². The van der Waals surface area contributed by atoms with Gasteiger partial charge in [-0.05, 0) is 48.9 Å². The Bertz CT molecular complexity index is 1460. The number of nitrogens with zero attached hydrogens (tertiary/aromatic N) is 6. The molecule has 0 saturated carbocycles. The number of rotatable bonds is 7. The van der Waals surface area contributed by atoms with E-state index in [2.05, 4.69) is 26.3 Å². The summed E-state index contributed by atoms with van der Waals surface area (Å²) >= 11 is 0. The van der Waals surface area contributed by atoms with E-state index in [1.165, 1.54) is 0 Å². The van der Waals surface area contributed by atoms with Crippen LogP contribution in [-0.4, -0.2) is 64.0 Å². The molecule has 0 radical (unpaired) electrons. The summed E-state index contributed by atoms with van der Waals surface area (Å²) in [6.07, 6.45) is 3.46. The molecular formula is C29H33N7O3. The third-order valence-corrected chi connectivity index (χ3v) is 6.64. The highest BCUT2D eigenvalue weighted by Gasteiger charge is 2.22. The molecule has 202 valence electrons. The number of aromatic nitrogens is 4. The molecule has 1 saturated heterocycles. The minimum Gasteiger partial charge on any atom is -0.497 e. The van der Waals surface area contributed by atoms with Crippen molar-refractivity contribution in [3.05, 3.63) is 60.2 Å². The molecule has 1 amide bonds. The zero-order chi connectivity index (χ0) is 27.5. The summed E-state index contributed by atoms with van der Waals surface area (Å²) < 4.78 is 11.7. The fraction of sp³-hybridized carbons (Fsp3) is 0.345. The van der Waals surface area contributed by atoms with Crippen LogP contribution >= 0.6 is 0 Å². The van der Waals surface area contributed by atoms with E-state index < -0.39 is 0 Å². The Balaban J connectivity index is 1.38. The second kappa shape index (κ2) is 11.1. The van der Waals surface area contributed by atoms with Gasteiger partial charge in [0.05, 0.1) is 19.0 Å². The van der Waals surface area contributed by atoms with Crippen LogP contribution < -0.4 is 15.0 Å². The van der Waals surface area contributed by atoms with Crippen molar-refractivity contribution in [3.63, 3.8) is 0 Å². The Morgan fingerprint density at radius 2 is 1.85 bits per heavy atom. The highest BCUT2D eigenvalue weighted by molar-refractivity contribution is 5.77. The molecule has 1 N–H and O–H groups in total. The summed E-state index contributed by atoms with van der Waals surface area (Å²) in [6.45, 7) is 10.6. The van der Waals surface area contributed by atoms with Crippen LogP contribution in [0.1, 0.15) is 38.1 Å². The molecule has 10 heteroatoms. The monoisotopic (exact) mass is 527 g/mol. The summed E-state index contributed by atoms with van der Waals surface area (Å²) in [7, 11) is 1.65. The standard InChI is InChI=1S/C29H33N7O3/c1-18(2)28-34-26(21-14-19(3)15-23(16-21)38-5)27(39-28)24-8-9-30-29(33-24)32-22-6-7-25(31-17-22)36-12-10-35(11-13-36)20(4)37/h6-9,14-18H,10-13H2,1-5H3,(H,30,32,33). The first-order chi connectivity index (χ1) is 18.8. The van der Waals surface area contributed by atoms with E-state index in [-0.39, 0.29) is 11.8 Å². The summed E-state index contributed by atoms with van der Waals surface area (Å²) in [5.41, 5.74) is 4.06. The Morgan fingerprint density at radius 1 is 1.05 bits per heavy atom. The smallest absolute Gasteiger partial charge is 0.227 e. The fourth-order valence-electron chi connectivity index (χ4n) is 4.53. The van der Waals surface area contributed by atoms with Gasteiger partial charge in [-0.1, -0.05) is 13.8 Å². The largest absolute Gasteiger partial charge is 0.497 e. The zero-order valence-electron chi connectivity index (χ0n) is 22.9. The lowest BCUT2D eigenvalue weighted by Gasteiger charge is -2.34. The third-order valence-electron chi connectivity index (χ3n) is 6.64. The van der Waals surface area contributed by atoms with Crippen molar-refractivity contribution in [2.45, 2.75) is 33.6 Å². The molecule has 3 aromatic heterocycles. The van der Waals surface area contributed by atoms with Crippen molar-refractivity contribution in [3.8, 4) is 28.5 Å². The van der Waals surface area contributed by atoms with Crippen LogP contribution in [0.2, 0.25) is 0 Å². The van der Waals surface area contributed by atoms with E-state index >= 15 is 0 Å². The maximum absolute atomic E-state index is 11.6. The van der Waals surface area contributed by atoms with E-state index in [1.807, 2.05) is 56.0 Å². The topological polar surface area (TPSA) is 110 Å². The second-order valence-electron chi connectivity index (χ2n) is 9.91. The number of carbonyl (C=O) groups excluding carboxylic acids is 1. The van der Waals surface area contributed by atoms with Gasteiger partial charge in [0.15, 0.2) is 11.7 Å². The van der Waals surface area contributed by atoms with Gasteiger partial charge in [0, 0.05) is 50.8 Å². The highest BCUT2D eigenvalue weighted by atomic mass is 16.5. The van der Waals surface area contributed by atoms with Gasteiger partial charge < -0.3 is 24.3 Å². The highest BCUT2D eigenvalue weighted by Crippen LogP contribution is 2.36. The molecule has 1 aromatic carbocycles. The molecule has 1 fully saturated rings. The third kappa shape index (κ3) is 5.84. The van der Waals surface area contributed by atoms with Crippen molar-refractivity contribution in [1.82, 2.24) is 24.8 Å². The average molecular weight is 528 g/mol. The van der Waals surface area contributed by atoms with Crippen LogP contribution in [0.3, 0.4) is 0 Å². The van der Waals surface area contributed by atoms with Gasteiger partial charge in [-0.2, -0.15) is 0 Å². The van der Waals surface area contributed by atoms with Crippen molar-refractivity contribution in [2.24, 2.45) is 0 Å². The summed E-state index contributed by atoms with van der Waals surface area (Å²) in [6, 6.07) is 11.7. The van der Waals surface area contributed by atoms with Crippen LogP contribution in [-0.2, 0) is 4.79 Å². The molecule has 0 spiro atoms. The molecule has 0 aliphatic carbocycles. The molecule has 5 rings (SSSR count). The van der Waals surface area contributed by atoms with E-state index in [9.17, 15) is 4.79 Å². The second-order valence-corrected chi connectivity index (χ2v) is 9.91. The molecule has 39 heavy (non-hydrogen) atoms. The summed E-state index contributed by atoms with van der Waals surface area (Å²) in [5, 5.41) is 3.24. The van der Waals surface area contributed by atoms with Crippen LogP contribution in [0.4, 0.5) is 17.5 Å². The van der Waals surface area contributed by atoms with E-state index in [4.69, 9.17) is 19.1 Å². The maximum atomic E-state index is 11.6. The Hall–Kier alpha value is -4.47. The fourth-order valence-corrected chi connectivity index (χ4v) is 4.53. The van der Waals surface area contributed by atoms with Crippen molar-refractivity contribution >= 4 is 23.4 Å². The van der Waals surface area contributed by atoms with Gasteiger partial charge in [0.25, 0.3) is 0 Å². The number of amides is 1. The predicted octanol–water partition coefficient (Wildman–Crippen LogP) is 5.05. The number of ether oxygens (including phenoxy) is 1.